The average Bonchev–Trinajstić information content (AvgIpc) is 2.83. The molecule has 0 unspecified atom stereocenters. The Morgan fingerprint density at radius 1 is 0.875 bits per heavy atom. The summed E-state index contributed by atoms with van der Waals surface area (Å²) in [6, 6.07) is 18.8. The lowest BCUT2D eigenvalue weighted by Gasteiger charge is -2.28. The van der Waals surface area contributed by atoms with E-state index in [0.29, 0.717) is 35.7 Å². The standard InChI is InChI=1S/C24H24N2O5S/c1-30-21-7-4-18(5-8-21)24(27)25-20-6-3-17-13-14-26(16-19(17)15-20)32(28,29)23-11-9-22(31-2)10-12-23/h3-12,15H,13-14,16H2,1-2H3,(H,25,27). The van der Waals surface area contributed by atoms with Crippen molar-refractivity contribution in [3.63, 3.8) is 0 Å². The highest BCUT2D eigenvalue weighted by molar-refractivity contribution is 7.89. The van der Waals surface area contributed by atoms with E-state index in [4.69, 9.17) is 9.47 Å². The second kappa shape index (κ2) is 9.02. The summed E-state index contributed by atoms with van der Waals surface area (Å²) < 4.78 is 37.9. The number of nitrogens with one attached hydrogen (secondary N) is 1. The van der Waals surface area contributed by atoms with Crippen LogP contribution in [0.25, 0.3) is 0 Å². The van der Waals surface area contributed by atoms with E-state index in [9.17, 15) is 13.2 Å². The molecule has 8 heteroatoms. The van der Waals surface area contributed by atoms with E-state index in [-0.39, 0.29) is 17.3 Å². The third-order valence-corrected chi connectivity index (χ3v) is 7.35. The molecule has 0 fully saturated rings. The smallest absolute Gasteiger partial charge is 0.255 e. The number of anilines is 1. The van der Waals surface area contributed by atoms with Crippen LogP contribution in [0, 0.1) is 0 Å². The van der Waals surface area contributed by atoms with Gasteiger partial charge >= 0.3 is 0 Å². The summed E-state index contributed by atoms with van der Waals surface area (Å²) >= 11 is 0. The van der Waals surface area contributed by atoms with E-state index in [1.165, 1.54) is 11.4 Å². The van der Waals surface area contributed by atoms with Gasteiger partial charge in [0.2, 0.25) is 10.0 Å². The van der Waals surface area contributed by atoms with Gasteiger partial charge < -0.3 is 14.8 Å². The number of fused-ring (bicyclic) bond motifs is 1. The predicted molar refractivity (Wildman–Crippen MR) is 122 cm³/mol. The summed E-state index contributed by atoms with van der Waals surface area (Å²) in [5.74, 6) is 1.03. The van der Waals surface area contributed by atoms with Crippen molar-refractivity contribution >= 4 is 21.6 Å². The van der Waals surface area contributed by atoms with Gasteiger partial charge in [0.05, 0.1) is 19.1 Å². The van der Waals surface area contributed by atoms with E-state index < -0.39 is 10.0 Å². The molecular formula is C24H24N2O5S. The Balaban J connectivity index is 1.51. The third-order valence-electron chi connectivity index (χ3n) is 5.49. The first-order chi connectivity index (χ1) is 15.4. The van der Waals surface area contributed by atoms with Crippen molar-refractivity contribution in [1.82, 2.24) is 4.31 Å². The van der Waals surface area contributed by atoms with Gasteiger partial charge in [-0.05, 0) is 78.2 Å². The Bertz CT molecular complexity index is 1220. The van der Waals surface area contributed by atoms with E-state index in [1.807, 2.05) is 18.2 Å². The monoisotopic (exact) mass is 452 g/mol. The van der Waals surface area contributed by atoms with Gasteiger partial charge in [0.25, 0.3) is 5.91 Å². The fourth-order valence-electron chi connectivity index (χ4n) is 3.66. The Morgan fingerprint density at radius 3 is 2.12 bits per heavy atom. The zero-order valence-corrected chi connectivity index (χ0v) is 18.7. The summed E-state index contributed by atoms with van der Waals surface area (Å²) in [6.45, 7) is 0.648. The van der Waals surface area contributed by atoms with Crippen LogP contribution in [0.4, 0.5) is 5.69 Å². The molecule has 1 N–H and O–H groups in total. The van der Waals surface area contributed by atoms with Crippen molar-refractivity contribution in [3.8, 4) is 11.5 Å². The van der Waals surface area contributed by atoms with Gasteiger partial charge in [-0.15, -0.1) is 0 Å². The van der Waals surface area contributed by atoms with Gasteiger partial charge in [-0.3, -0.25) is 4.79 Å². The minimum atomic E-state index is -3.64. The van der Waals surface area contributed by atoms with Crippen molar-refractivity contribution in [3.05, 3.63) is 83.4 Å². The number of sulfonamides is 1. The van der Waals surface area contributed by atoms with Crippen LogP contribution in [0.15, 0.2) is 71.6 Å². The minimum Gasteiger partial charge on any atom is -0.497 e. The zero-order chi connectivity index (χ0) is 22.7. The van der Waals surface area contributed by atoms with Crippen LogP contribution >= 0.6 is 0 Å². The van der Waals surface area contributed by atoms with Crippen LogP contribution in [0.5, 0.6) is 11.5 Å². The lowest BCUT2D eigenvalue weighted by atomic mass is 10.0. The van der Waals surface area contributed by atoms with Crippen LogP contribution in [-0.2, 0) is 23.0 Å². The first kappa shape index (κ1) is 21.9. The number of nitrogens with zero attached hydrogens (tertiary/aromatic N) is 1. The molecular weight excluding hydrogens is 428 g/mol. The maximum atomic E-state index is 13.1. The highest BCUT2D eigenvalue weighted by atomic mass is 32.2. The lowest BCUT2D eigenvalue weighted by molar-refractivity contribution is 0.102. The average molecular weight is 453 g/mol. The minimum absolute atomic E-state index is 0.228. The molecule has 0 saturated heterocycles. The number of rotatable bonds is 6. The predicted octanol–water partition coefficient (Wildman–Crippen LogP) is 3.70. The van der Waals surface area contributed by atoms with Gasteiger partial charge in [-0.1, -0.05) is 6.07 Å². The van der Waals surface area contributed by atoms with Crippen molar-refractivity contribution in [1.29, 1.82) is 0 Å². The van der Waals surface area contributed by atoms with Crippen LogP contribution in [-0.4, -0.2) is 39.4 Å². The zero-order valence-electron chi connectivity index (χ0n) is 17.9. The van der Waals surface area contributed by atoms with Crippen LogP contribution in [0.3, 0.4) is 0 Å². The molecule has 7 nitrogen and oxygen atoms in total. The number of methoxy groups -OCH3 is 2. The Labute approximate surface area is 187 Å². The molecule has 0 aromatic heterocycles. The summed E-state index contributed by atoms with van der Waals surface area (Å²) in [7, 11) is -0.529. The molecule has 0 aliphatic carbocycles. The number of amides is 1. The summed E-state index contributed by atoms with van der Waals surface area (Å²) in [4.78, 5) is 12.8. The van der Waals surface area contributed by atoms with E-state index in [2.05, 4.69) is 5.32 Å². The lowest BCUT2D eigenvalue weighted by Crippen LogP contribution is -2.36. The first-order valence-electron chi connectivity index (χ1n) is 10.1. The quantitative estimate of drug-likeness (QED) is 0.616. The molecule has 3 aromatic rings. The van der Waals surface area contributed by atoms with Crippen LogP contribution in [0.2, 0.25) is 0 Å². The molecule has 0 saturated carbocycles. The van der Waals surface area contributed by atoms with Crippen LogP contribution < -0.4 is 14.8 Å². The molecule has 3 aromatic carbocycles. The maximum Gasteiger partial charge on any atom is 0.255 e. The summed E-state index contributed by atoms with van der Waals surface area (Å²) in [6.07, 6.45) is 0.609. The molecule has 0 spiro atoms. The van der Waals surface area contributed by atoms with Gasteiger partial charge in [0, 0.05) is 24.3 Å². The van der Waals surface area contributed by atoms with Gasteiger partial charge in [0.1, 0.15) is 11.5 Å². The fraction of sp³-hybridized carbons (Fsp3) is 0.208. The van der Waals surface area contributed by atoms with E-state index in [0.717, 1.165) is 11.1 Å². The molecule has 0 bridgehead atoms. The second-order valence-electron chi connectivity index (χ2n) is 7.43. The highest BCUT2D eigenvalue weighted by Crippen LogP contribution is 2.28. The number of hydrogen-bond acceptors (Lipinski definition) is 5. The molecule has 1 heterocycles. The van der Waals surface area contributed by atoms with Crippen molar-refractivity contribution in [2.45, 2.75) is 17.9 Å². The Hall–Kier alpha value is -3.36. The van der Waals surface area contributed by atoms with Gasteiger partial charge in [-0.2, -0.15) is 4.31 Å². The number of benzene rings is 3. The molecule has 0 atom stereocenters. The number of carbonyl (C=O) groups is 1. The highest BCUT2D eigenvalue weighted by Gasteiger charge is 2.28. The second-order valence-corrected chi connectivity index (χ2v) is 9.37. The molecule has 4 rings (SSSR count). The third kappa shape index (κ3) is 4.46. The topological polar surface area (TPSA) is 84.9 Å². The molecule has 1 amide bonds. The Morgan fingerprint density at radius 2 is 1.50 bits per heavy atom. The van der Waals surface area contributed by atoms with Crippen molar-refractivity contribution in [2.24, 2.45) is 0 Å². The maximum absolute atomic E-state index is 13.1. The molecule has 1 aliphatic rings. The number of hydrogen-bond donors (Lipinski definition) is 1. The van der Waals surface area contributed by atoms with E-state index >= 15 is 0 Å². The van der Waals surface area contributed by atoms with Crippen LogP contribution in [0.1, 0.15) is 21.5 Å². The van der Waals surface area contributed by atoms with E-state index in [1.54, 1.807) is 55.6 Å². The van der Waals surface area contributed by atoms with Gasteiger partial charge in [0.15, 0.2) is 0 Å². The summed E-state index contributed by atoms with van der Waals surface area (Å²) in [5, 5.41) is 2.88. The molecule has 1 aliphatic heterocycles. The number of ether oxygens (including phenoxy) is 2. The molecule has 32 heavy (non-hydrogen) atoms. The van der Waals surface area contributed by atoms with Gasteiger partial charge in [-0.25, -0.2) is 8.42 Å². The largest absolute Gasteiger partial charge is 0.497 e. The fourth-order valence-corrected chi connectivity index (χ4v) is 5.08. The van der Waals surface area contributed by atoms with Crippen molar-refractivity contribution < 1.29 is 22.7 Å². The number of carbonyl (C=O) groups excluding carboxylic acids is 1. The first-order valence-corrected chi connectivity index (χ1v) is 11.6. The SMILES string of the molecule is COc1ccc(C(=O)Nc2ccc3c(c2)CN(S(=O)(=O)c2ccc(OC)cc2)CC3)cc1. The summed E-state index contributed by atoms with van der Waals surface area (Å²) in [5.41, 5.74) is 3.08. The Kier molecular flexibility index (Phi) is 6.16. The van der Waals surface area contributed by atoms with Crippen molar-refractivity contribution in [2.75, 3.05) is 26.1 Å². The molecule has 166 valence electrons. The molecule has 0 radical (unpaired) electrons. The normalized spacial score (nSPS) is 13.8.